The molecule has 0 aliphatic heterocycles. The summed E-state index contributed by atoms with van der Waals surface area (Å²) in [5.41, 5.74) is 3.53. The minimum Gasteiger partial charge on any atom is -0.316 e. The van der Waals surface area contributed by atoms with Crippen molar-refractivity contribution in [3.05, 3.63) is 59.4 Å². The molecule has 0 saturated carbocycles. The van der Waals surface area contributed by atoms with Crippen molar-refractivity contribution in [2.45, 2.75) is 59.4 Å². The van der Waals surface area contributed by atoms with Gasteiger partial charge in [0.1, 0.15) is 11.6 Å². The van der Waals surface area contributed by atoms with Gasteiger partial charge >= 0.3 is 0 Å². The van der Waals surface area contributed by atoms with Crippen LogP contribution in [0.15, 0.2) is 42.2 Å². The van der Waals surface area contributed by atoms with Gasteiger partial charge in [0.2, 0.25) is 0 Å². The van der Waals surface area contributed by atoms with E-state index < -0.39 is 0 Å². The molecule has 0 unspecified atom stereocenters. The number of hydrogen-bond acceptors (Lipinski definition) is 5. The molecule has 8 heteroatoms. The lowest BCUT2D eigenvalue weighted by Crippen LogP contribution is -2.25. The fraction of sp³-hybridized carbons (Fsp3) is 0.375. The highest BCUT2D eigenvalue weighted by molar-refractivity contribution is 7.14. The van der Waals surface area contributed by atoms with Gasteiger partial charge in [-0.15, -0.1) is 11.3 Å². The molecule has 0 spiro atoms. The first-order valence-electron chi connectivity index (χ1n) is 10.6. The van der Waals surface area contributed by atoms with Gasteiger partial charge in [-0.3, -0.25) is 0 Å². The van der Waals surface area contributed by atoms with Gasteiger partial charge in [-0.1, -0.05) is 26.8 Å². The van der Waals surface area contributed by atoms with Crippen LogP contribution in [0.1, 0.15) is 52.9 Å². The van der Waals surface area contributed by atoms with E-state index in [1.165, 1.54) is 17.4 Å². The van der Waals surface area contributed by atoms with E-state index in [1.807, 2.05) is 23.1 Å². The fourth-order valence-electron chi connectivity index (χ4n) is 3.35. The van der Waals surface area contributed by atoms with Gasteiger partial charge in [0.25, 0.3) is 0 Å². The molecule has 168 valence electrons. The quantitative estimate of drug-likeness (QED) is 0.387. The summed E-state index contributed by atoms with van der Waals surface area (Å²) in [6.07, 6.45) is 3.41. The predicted octanol–water partition coefficient (Wildman–Crippen LogP) is 6.44. The highest BCUT2D eigenvalue weighted by atomic mass is 32.1. The van der Waals surface area contributed by atoms with Crippen LogP contribution < -0.4 is 5.32 Å². The van der Waals surface area contributed by atoms with Gasteiger partial charge in [-0.2, -0.15) is 5.10 Å². The molecule has 0 atom stereocenters. The summed E-state index contributed by atoms with van der Waals surface area (Å²) in [4.78, 5) is 8.87. The van der Waals surface area contributed by atoms with Gasteiger partial charge in [0.05, 0.1) is 34.6 Å². The van der Waals surface area contributed by atoms with Crippen molar-refractivity contribution in [3.8, 4) is 16.9 Å². The van der Waals surface area contributed by atoms with Crippen LogP contribution in [0.4, 0.5) is 15.3 Å². The monoisotopic (exact) mass is 452 g/mol. The number of hydrogen-bond donors (Lipinski definition) is 1. The first-order chi connectivity index (χ1) is 14.9. The zero-order chi connectivity index (χ0) is 23.3. The summed E-state index contributed by atoms with van der Waals surface area (Å²) in [7, 11) is 0. The van der Waals surface area contributed by atoms with E-state index in [4.69, 9.17) is 10.1 Å². The van der Waals surface area contributed by atoms with Gasteiger partial charge in [-0.25, -0.2) is 19.0 Å². The molecule has 4 rings (SSSR count). The molecule has 0 bridgehead atoms. The number of imidazole rings is 1. The molecule has 3 aromatic heterocycles. The van der Waals surface area contributed by atoms with E-state index in [2.05, 4.69) is 57.9 Å². The highest BCUT2D eigenvalue weighted by Gasteiger charge is 2.25. The SMILES string of the molecule is Cc1cn(-c2ccc(-c3csc(Nc4cc(C(C)(C)C)nn4C(C)(C)C)n3)cc2F)cn1. The topological polar surface area (TPSA) is 60.6 Å². The Hall–Kier alpha value is -3.00. The second-order valence-electron chi connectivity index (χ2n) is 10.00. The van der Waals surface area contributed by atoms with Gasteiger partial charge in [-0.05, 0) is 39.8 Å². The Morgan fingerprint density at radius 3 is 2.41 bits per heavy atom. The van der Waals surface area contributed by atoms with E-state index in [1.54, 1.807) is 23.2 Å². The standard InChI is InChI=1S/C24H29FN6S/c1-15-12-30(14-26-15)19-9-8-16(10-17(19)25)18-13-32-22(27-18)28-21-11-20(23(2,3)4)29-31(21)24(5,6)7/h8-14H,1-7H3,(H,27,28). The lowest BCUT2D eigenvalue weighted by Gasteiger charge is -2.22. The van der Waals surface area contributed by atoms with Crippen LogP contribution in [0.2, 0.25) is 0 Å². The van der Waals surface area contributed by atoms with Crippen molar-refractivity contribution in [3.63, 3.8) is 0 Å². The van der Waals surface area contributed by atoms with E-state index in [9.17, 15) is 4.39 Å². The molecule has 1 aromatic carbocycles. The van der Waals surface area contributed by atoms with E-state index >= 15 is 0 Å². The Morgan fingerprint density at radius 1 is 1.06 bits per heavy atom. The number of nitrogens with zero attached hydrogens (tertiary/aromatic N) is 5. The normalized spacial score (nSPS) is 12.4. The lowest BCUT2D eigenvalue weighted by atomic mass is 9.92. The highest BCUT2D eigenvalue weighted by Crippen LogP contribution is 2.33. The molecule has 0 aliphatic carbocycles. The van der Waals surface area contributed by atoms with Gasteiger partial charge < -0.3 is 9.88 Å². The summed E-state index contributed by atoms with van der Waals surface area (Å²) < 4.78 is 18.5. The zero-order valence-corrected chi connectivity index (χ0v) is 20.4. The molecule has 3 heterocycles. The maximum absolute atomic E-state index is 14.8. The average Bonchev–Trinajstić information content (AvgIpc) is 3.40. The van der Waals surface area contributed by atoms with Crippen LogP contribution in [-0.4, -0.2) is 24.3 Å². The molecule has 0 aliphatic rings. The molecular weight excluding hydrogens is 423 g/mol. The zero-order valence-electron chi connectivity index (χ0n) is 19.6. The Kier molecular flexibility index (Phi) is 5.45. The molecule has 1 N–H and O–H groups in total. The number of anilines is 2. The second-order valence-corrected chi connectivity index (χ2v) is 10.9. The number of thiazole rings is 1. The van der Waals surface area contributed by atoms with Gasteiger partial charge in [0, 0.05) is 28.6 Å². The van der Waals surface area contributed by atoms with Crippen LogP contribution in [-0.2, 0) is 11.0 Å². The average molecular weight is 453 g/mol. The molecule has 0 saturated heterocycles. The minimum atomic E-state index is -0.317. The maximum Gasteiger partial charge on any atom is 0.188 e. The molecular formula is C24H29FN6S. The Labute approximate surface area is 192 Å². The van der Waals surface area contributed by atoms with Crippen molar-refractivity contribution >= 4 is 22.3 Å². The van der Waals surface area contributed by atoms with E-state index in [0.29, 0.717) is 5.69 Å². The van der Waals surface area contributed by atoms with Gasteiger partial charge in [0.15, 0.2) is 5.13 Å². The predicted molar refractivity (Wildman–Crippen MR) is 129 cm³/mol. The Bertz CT molecular complexity index is 1250. The van der Waals surface area contributed by atoms with Crippen LogP contribution in [0.5, 0.6) is 0 Å². The molecule has 6 nitrogen and oxygen atoms in total. The van der Waals surface area contributed by atoms with Crippen molar-refractivity contribution in [1.29, 1.82) is 0 Å². The number of halogens is 1. The number of rotatable bonds is 4. The smallest absolute Gasteiger partial charge is 0.188 e. The van der Waals surface area contributed by atoms with Crippen molar-refractivity contribution in [2.24, 2.45) is 0 Å². The third-order valence-electron chi connectivity index (χ3n) is 5.09. The summed E-state index contributed by atoms with van der Waals surface area (Å²) in [5.74, 6) is 0.573. The Balaban J connectivity index is 1.61. The number of aromatic nitrogens is 5. The molecule has 32 heavy (non-hydrogen) atoms. The summed E-state index contributed by atoms with van der Waals surface area (Å²) in [6.45, 7) is 14.7. The molecule has 4 aromatic rings. The molecule has 0 radical (unpaired) electrons. The summed E-state index contributed by atoms with van der Waals surface area (Å²) in [6, 6.07) is 7.22. The van der Waals surface area contributed by atoms with Crippen LogP contribution in [0.25, 0.3) is 16.9 Å². The number of benzene rings is 1. The molecule has 0 fully saturated rings. The lowest BCUT2D eigenvalue weighted by molar-refractivity contribution is 0.353. The van der Waals surface area contributed by atoms with E-state index in [-0.39, 0.29) is 16.8 Å². The Morgan fingerprint density at radius 2 is 1.81 bits per heavy atom. The van der Waals surface area contributed by atoms with Crippen molar-refractivity contribution in [1.82, 2.24) is 24.3 Å². The number of aryl methyl sites for hydroxylation is 1. The summed E-state index contributed by atoms with van der Waals surface area (Å²) in [5, 5.41) is 10.9. The van der Waals surface area contributed by atoms with Crippen LogP contribution in [0, 0.1) is 12.7 Å². The van der Waals surface area contributed by atoms with E-state index in [0.717, 1.165) is 33.6 Å². The number of nitrogens with one attached hydrogen (secondary N) is 1. The van der Waals surface area contributed by atoms with Crippen LogP contribution in [0.3, 0.4) is 0 Å². The largest absolute Gasteiger partial charge is 0.316 e. The molecule has 0 amide bonds. The first kappa shape index (κ1) is 22.2. The first-order valence-corrected chi connectivity index (χ1v) is 11.4. The minimum absolute atomic E-state index is 0.0615. The second kappa shape index (κ2) is 7.85. The maximum atomic E-state index is 14.8. The third kappa shape index (κ3) is 4.46. The van der Waals surface area contributed by atoms with Crippen molar-refractivity contribution in [2.75, 3.05) is 5.32 Å². The third-order valence-corrected chi connectivity index (χ3v) is 5.84. The van der Waals surface area contributed by atoms with Crippen molar-refractivity contribution < 1.29 is 4.39 Å². The van der Waals surface area contributed by atoms with Crippen LogP contribution >= 0.6 is 11.3 Å². The summed E-state index contributed by atoms with van der Waals surface area (Å²) >= 11 is 1.48. The fourth-order valence-corrected chi connectivity index (χ4v) is 4.08.